The summed E-state index contributed by atoms with van der Waals surface area (Å²) in [5.41, 5.74) is 0.892. The van der Waals surface area contributed by atoms with E-state index in [9.17, 15) is 8.78 Å². The molecule has 0 bridgehead atoms. The minimum atomic E-state index is -2.49. The molecule has 138 valence electrons. The second-order valence-corrected chi connectivity index (χ2v) is 4.93. The first-order valence-corrected chi connectivity index (χ1v) is 7.35. The molecule has 0 saturated carbocycles. The van der Waals surface area contributed by atoms with Gasteiger partial charge in [-0.15, -0.1) is 24.0 Å². The molecule has 1 heterocycles. The summed E-state index contributed by atoms with van der Waals surface area (Å²) < 4.78 is 31.0. The van der Waals surface area contributed by atoms with Crippen LogP contribution in [-0.4, -0.2) is 40.8 Å². The SMILES string of the molecule is CN=C(NCc1cccc(OCC(F)F)c1)NCc1ncnn1C.I. The van der Waals surface area contributed by atoms with Crippen molar-refractivity contribution < 1.29 is 13.5 Å². The molecule has 10 heteroatoms. The Morgan fingerprint density at radius 1 is 1.32 bits per heavy atom. The highest BCUT2D eigenvalue weighted by Gasteiger charge is 2.05. The first-order valence-electron chi connectivity index (χ1n) is 7.35. The highest BCUT2D eigenvalue weighted by molar-refractivity contribution is 14.0. The molecule has 0 aliphatic rings. The van der Waals surface area contributed by atoms with Crippen LogP contribution in [0.4, 0.5) is 8.78 Å². The standard InChI is InChI=1S/C15H20F2N6O.HI/c1-18-15(20-8-14-21-10-22-23(14)2)19-7-11-4-3-5-12(6-11)24-9-13(16)17;/h3-6,10,13H,7-9H2,1-2H3,(H2,18,19,20);1H. The Morgan fingerprint density at radius 3 is 2.72 bits per heavy atom. The summed E-state index contributed by atoms with van der Waals surface area (Å²) >= 11 is 0. The number of aromatic nitrogens is 3. The lowest BCUT2D eigenvalue weighted by atomic mass is 10.2. The van der Waals surface area contributed by atoms with Gasteiger partial charge in [0.15, 0.2) is 5.96 Å². The van der Waals surface area contributed by atoms with Gasteiger partial charge in [0, 0.05) is 20.6 Å². The molecule has 0 amide bonds. The quantitative estimate of drug-likeness (QED) is 0.371. The van der Waals surface area contributed by atoms with Gasteiger partial charge in [-0.05, 0) is 17.7 Å². The Hall–Kier alpha value is -1.98. The highest BCUT2D eigenvalue weighted by atomic mass is 127. The van der Waals surface area contributed by atoms with E-state index in [0.29, 0.717) is 24.8 Å². The van der Waals surface area contributed by atoms with Gasteiger partial charge in [-0.2, -0.15) is 5.10 Å². The smallest absolute Gasteiger partial charge is 0.272 e. The first-order chi connectivity index (χ1) is 11.6. The minimum absolute atomic E-state index is 0. The van der Waals surface area contributed by atoms with Gasteiger partial charge < -0.3 is 15.4 Å². The summed E-state index contributed by atoms with van der Waals surface area (Å²) in [4.78, 5) is 8.24. The topological polar surface area (TPSA) is 76.4 Å². The van der Waals surface area contributed by atoms with Gasteiger partial charge in [-0.25, -0.2) is 13.8 Å². The molecule has 0 radical (unpaired) electrons. The zero-order valence-electron chi connectivity index (χ0n) is 13.9. The summed E-state index contributed by atoms with van der Waals surface area (Å²) in [6.07, 6.45) is -1.01. The van der Waals surface area contributed by atoms with E-state index in [1.165, 1.54) is 6.33 Å². The van der Waals surface area contributed by atoms with Crippen LogP contribution in [0, 0.1) is 0 Å². The number of aliphatic imine (C=N–C) groups is 1. The second-order valence-electron chi connectivity index (χ2n) is 4.93. The number of ether oxygens (including phenoxy) is 1. The molecule has 0 aliphatic heterocycles. The number of halogens is 3. The van der Waals surface area contributed by atoms with Crippen LogP contribution in [0.25, 0.3) is 0 Å². The normalized spacial score (nSPS) is 11.2. The van der Waals surface area contributed by atoms with Crippen molar-refractivity contribution in [3.8, 4) is 5.75 Å². The van der Waals surface area contributed by atoms with Gasteiger partial charge in [0.25, 0.3) is 6.43 Å². The second kappa shape index (κ2) is 10.8. The summed E-state index contributed by atoms with van der Waals surface area (Å²) in [5.74, 6) is 1.79. The Morgan fingerprint density at radius 2 is 2.08 bits per heavy atom. The summed E-state index contributed by atoms with van der Waals surface area (Å²) in [7, 11) is 3.47. The molecule has 1 aromatic heterocycles. The maximum absolute atomic E-state index is 12.2. The Labute approximate surface area is 161 Å². The summed E-state index contributed by atoms with van der Waals surface area (Å²) in [6, 6.07) is 6.99. The van der Waals surface area contributed by atoms with Crippen LogP contribution in [0.1, 0.15) is 11.4 Å². The summed E-state index contributed by atoms with van der Waals surface area (Å²) in [6.45, 7) is 0.343. The number of guanidine groups is 1. The van der Waals surface area contributed by atoms with Crippen molar-refractivity contribution in [2.24, 2.45) is 12.0 Å². The van der Waals surface area contributed by atoms with E-state index >= 15 is 0 Å². The van der Waals surface area contributed by atoms with Gasteiger partial charge in [0.05, 0.1) is 6.54 Å². The van der Waals surface area contributed by atoms with Crippen LogP contribution in [0.5, 0.6) is 5.75 Å². The molecule has 2 rings (SSSR count). The van der Waals surface area contributed by atoms with E-state index in [0.717, 1.165) is 11.4 Å². The highest BCUT2D eigenvalue weighted by Crippen LogP contribution is 2.14. The predicted molar refractivity (Wildman–Crippen MR) is 101 cm³/mol. The van der Waals surface area contributed by atoms with Crippen molar-refractivity contribution in [1.82, 2.24) is 25.4 Å². The van der Waals surface area contributed by atoms with Gasteiger partial charge in [-0.3, -0.25) is 9.67 Å². The molecule has 0 saturated heterocycles. The van der Waals surface area contributed by atoms with E-state index in [1.807, 2.05) is 13.1 Å². The fraction of sp³-hybridized carbons (Fsp3) is 0.400. The predicted octanol–water partition coefficient (Wildman–Crippen LogP) is 1.94. The lowest BCUT2D eigenvalue weighted by molar-refractivity contribution is 0.0818. The molecule has 2 N–H and O–H groups in total. The molecule has 2 aromatic rings. The third kappa shape index (κ3) is 7.20. The average molecular weight is 466 g/mol. The molecule has 0 fully saturated rings. The maximum Gasteiger partial charge on any atom is 0.272 e. The number of hydrogen-bond donors (Lipinski definition) is 2. The molecular formula is C15H21F2IN6O. The largest absolute Gasteiger partial charge is 0.488 e. The van der Waals surface area contributed by atoms with Gasteiger partial charge in [0.2, 0.25) is 0 Å². The van der Waals surface area contributed by atoms with Gasteiger partial charge in [-0.1, -0.05) is 12.1 Å². The van der Waals surface area contributed by atoms with Crippen molar-refractivity contribution in [2.45, 2.75) is 19.5 Å². The zero-order chi connectivity index (χ0) is 17.4. The van der Waals surface area contributed by atoms with Crippen LogP contribution in [0.15, 0.2) is 35.6 Å². The van der Waals surface area contributed by atoms with Crippen molar-refractivity contribution in [3.63, 3.8) is 0 Å². The van der Waals surface area contributed by atoms with Gasteiger partial charge >= 0.3 is 0 Å². The number of rotatable bonds is 7. The third-order valence-electron chi connectivity index (χ3n) is 3.18. The van der Waals surface area contributed by atoms with E-state index in [2.05, 4.69) is 25.7 Å². The fourth-order valence-electron chi connectivity index (χ4n) is 1.95. The van der Waals surface area contributed by atoms with E-state index < -0.39 is 13.0 Å². The lowest BCUT2D eigenvalue weighted by Gasteiger charge is -2.12. The molecular weight excluding hydrogens is 445 g/mol. The molecule has 0 spiro atoms. The van der Waals surface area contributed by atoms with E-state index in [4.69, 9.17) is 4.74 Å². The number of benzene rings is 1. The van der Waals surface area contributed by atoms with Crippen LogP contribution in [-0.2, 0) is 20.1 Å². The Bertz CT molecular complexity index is 680. The molecule has 0 aliphatic carbocycles. The van der Waals surface area contributed by atoms with Crippen molar-refractivity contribution >= 4 is 29.9 Å². The molecule has 25 heavy (non-hydrogen) atoms. The fourth-order valence-corrected chi connectivity index (χ4v) is 1.95. The number of alkyl halides is 2. The van der Waals surface area contributed by atoms with Crippen LogP contribution in [0.3, 0.4) is 0 Å². The number of nitrogens with zero attached hydrogens (tertiary/aromatic N) is 4. The van der Waals surface area contributed by atoms with E-state index in [-0.39, 0.29) is 24.0 Å². The van der Waals surface area contributed by atoms with Gasteiger partial charge in [0.1, 0.15) is 24.5 Å². The van der Waals surface area contributed by atoms with Crippen molar-refractivity contribution in [1.29, 1.82) is 0 Å². The molecule has 7 nitrogen and oxygen atoms in total. The monoisotopic (exact) mass is 466 g/mol. The zero-order valence-corrected chi connectivity index (χ0v) is 16.3. The average Bonchev–Trinajstić information content (AvgIpc) is 2.98. The van der Waals surface area contributed by atoms with Crippen molar-refractivity contribution in [2.75, 3.05) is 13.7 Å². The maximum atomic E-state index is 12.2. The van der Waals surface area contributed by atoms with E-state index in [1.54, 1.807) is 29.9 Å². The molecule has 1 aromatic carbocycles. The van der Waals surface area contributed by atoms with Crippen LogP contribution < -0.4 is 15.4 Å². The van der Waals surface area contributed by atoms with Crippen molar-refractivity contribution in [3.05, 3.63) is 42.0 Å². The van der Waals surface area contributed by atoms with Crippen LogP contribution >= 0.6 is 24.0 Å². The van der Waals surface area contributed by atoms with Crippen LogP contribution in [0.2, 0.25) is 0 Å². The number of aryl methyl sites for hydroxylation is 1. The Kier molecular flexibility index (Phi) is 9.10. The minimum Gasteiger partial charge on any atom is -0.488 e. The lowest BCUT2D eigenvalue weighted by Crippen LogP contribution is -2.36. The number of nitrogens with one attached hydrogen (secondary N) is 2. The Balaban J connectivity index is 0.00000312. The molecule has 0 atom stereocenters. The molecule has 0 unspecified atom stereocenters. The third-order valence-corrected chi connectivity index (χ3v) is 3.18. The summed E-state index contributed by atoms with van der Waals surface area (Å²) in [5, 5.41) is 10.3. The number of hydrogen-bond acceptors (Lipinski definition) is 4. The first kappa shape index (κ1) is 21.1.